The maximum atomic E-state index is 11.6. The molecule has 1 unspecified atom stereocenters. The summed E-state index contributed by atoms with van der Waals surface area (Å²) in [5.41, 5.74) is -0.724. The molecular weight excluding hydrogens is 184 g/mol. The van der Waals surface area contributed by atoms with Crippen molar-refractivity contribution in [1.29, 1.82) is 0 Å². The van der Waals surface area contributed by atoms with Gasteiger partial charge in [0.05, 0.1) is 19.5 Å². The summed E-state index contributed by atoms with van der Waals surface area (Å²) in [6.07, 6.45) is 2.17. The van der Waals surface area contributed by atoms with Gasteiger partial charge in [-0.3, -0.25) is 4.79 Å². The molecule has 2 rings (SSSR count). The fourth-order valence-corrected chi connectivity index (χ4v) is 1.78. The Morgan fingerprint density at radius 2 is 2.50 bits per heavy atom. The Kier molecular flexibility index (Phi) is 2.29. The van der Waals surface area contributed by atoms with Crippen LogP contribution in [0.5, 0.6) is 0 Å². The van der Waals surface area contributed by atoms with Crippen LogP contribution < -0.4 is 0 Å². The number of esters is 1. The lowest BCUT2D eigenvalue weighted by Gasteiger charge is -2.20. The zero-order valence-electron chi connectivity index (χ0n) is 7.99. The highest BCUT2D eigenvalue weighted by atomic mass is 16.5. The molecule has 0 bridgehead atoms. The predicted octanol–water partition coefficient (Wildman–Crippen LogP) is 1.11. The second-order valence-corrected chi connectivity index (χ2v) is 3.38. The number of methoxy groups -OCH3 is 1. The van der Waals surface area contributed by atoms with Crippen LogP contribution in [0, 0.1) is 0 Å². The molecule has 1 aliphatic rings. The van der Waals surface area contributed by atoms with E-state index in [4.69, 9.17) is 13.9 Å². The average Bonchev–Trinajstić information content (AvgIpc) is 2.77. The first kappa shape index (κ1) is 9.27. The van der Waals surface area contributed by atoms with Crippen molar-refractivity contribution in [3.8, 4) is 0 Å². The molecule has 76 valence electrons. The van der Waals surface area contributed by atoms with Gasteiger partial charge in [0.15, 0.2) is 5.41 Å². The molecule has 0 aliphatic carbocycles. The molecule has 1 aromatic rings. The molecule has 1 aliphatic heterocycles. The molecule has 4 nitrogen and oxygen atoms in total. The molecule has 1 atom stereocenters. The van der Waals surface area contributed by atoms with Crippen LogP contribution in [-0.2, 0) is 19.7 Å². The summed E-state index contributed by atoms with van der Waals surface area (Å²) in [4.78, 5) is 11.6. The standard InChI is InChI=1S/C10H12O4/c1-12-7-10(4-6-14-9(10)11)8-3-2-5-13-8/h2-3,5H,4,6-7H2,1H3. The van der Waals surface area contributed by atoms with E-state index in [9.17, 15) is 4.79 Å². The Labute approximate surface area is 81.8 Å². The van der Waals surface area contributed by atoms with Gasteiger partial charge in [0.25, 0.3) is 0 Å². The zero-order chi connectivity index (χ0) is 10.0. The van der Waals surface area contributed by atoms with Crippen molar-refractivity contribution < 1.29 is 18.7 Å². The Balaban J connectivity index is 2.35. The van der Waals surface area contributed by atoms with E-state index in [0.29, 0.717) is 25.4 Å². The predicted molar refractivity (Wildman–Crippen MR) is 47.8 cm³/mol. The number of hydrogen-bond acceptors (Lipinski definition) is 4. The summed E-state index contributed by atoms with van der Waals surface area (Å²) in [5.74, 6) is 0.371. The molecule has 0 radical (unpaired) electrons. The topological polar surface area (TPSA) is 48.7 Å². The van der Waals surface area contributed by atoms with Gasteiger partial charge in [-0.2, -0.15) is 0 Å². The summed E-state index contributed by atoms with van der Waals surface area (Å²) < 4.78 is 15.3. The summed E-state index contributed by atoms with van der Waals surface area (Å²) in [6, 6.07) is 3.55. The maximum absolute atomic E-state index is 11.6. The number of cyclic esters (lactones) is 1. The summed E-state index contributed by atoms with van der Waals surface area (Å²) in [7, 11) is 1.57. The quantitative estimate of drug-likeness (QED) is 0.679. The van der Waals surface area contributed by atoms with Crippen LogP contribution >= 0.6 is 0 Å². The van der Waals surface area contributed by atoms with Gasteiger partial charge >= 0.3 is 5.97 Å². The second-order valence-electron chi connectivity index (χ2n) is 3.38. The molecular formula is C10H12O4. The fraction of sp³-hybridized carbons (Fsp3) is 0.500. The molecule has 1 aromatic heterocycles. The Morgan fingerprint density at radius 3 is 3.00 bits per heavy atom. The van der Waals surface area contributed by atoms with E-state index < -0.39 is 5.41 Å². The molecule has 0 spiro atoms. The van der Waals surface area contributed by atoms with Crippen molar-refractivity contribution in [2.24, 2.45) is 0 Å². The van der Waals surface area contributed by atoms with Crippen molar-refractivity contribution in [3.63, 3.8) is 0 Å². The molecule has 1 saturated heterocycles. The number of furan rings is 1. The molecule has 4 heteroatoms. The molecule has 0 amide bonds. The third-order valence-electron chi connectivity index (χ3n) is 2.54. The van der Waals surface area contributed by atoms with Gasteiger partial charge in [-0.1, -0.05) is 0 Å². The molecule has 2 heterocycles. The number of carbonyl (C=O) groups excluding carboxylic acids is 1. The first-order chi connectivity index (χ1) is 6.79. The minimum absolute atomic E-state index is 0.255. The Morgan fingerprint density at radius 1 is 1.64 bits per heavy atom. The number of hydrogen-bond donors (Lipinski definition) is 0. The van der Waals surface area contributed by atoms with Crippen molar-refractivity contribution in [3.05, 3.63) is 24.2 Å². The third kappa shape index (κ3) is 1.23. The third-order valence-corrected chi connectivity index (χ3v) is 2.54. The van der Waals surface area contributed by atoms with Gasteiger partial charge in [-0.25, -0.2) is 0 Å². The van der Waals surface area contributed by atoms with Crippen LogP contribution in [0.15, 0.2) is 22.8 Å². The minimum atomic E-state index is -0.724. The van der Waals surface area contributed by atoms with Crippen LogP contribution in [0.2, 0.25) is 0 Å². The van der Waals surface area contributed by atoms with E-state index >= 15 is 0 Å². The largest absolute Gasteiger partial charge is 0.468 e. The van der Waals surface area contributed by atoms with Gasteiger partial charge in [0.1, 0.15) is 5.76 Å². The SMILES string of the molecule is COCC1(c2ccco2)CCOC1=O. The van der Waals surface area contributed by atoms with E-state index in [2.05, 4.69) is 0 Å². The van der Waals surface area contributed by atoms with Gasteiger partial charge in [0.2, 0.25) is 0 Å². The fourth-order valence-electron chi connectivity index (χ4n) is 1.78. The Bertz CT molecular complexity index is 317. The van der Waals surface area contributed by atoms with Crippen LogP contribution in [0.4, 0.5) is 0 Å². The highest BCUT2D eigenvalue weighted by Gasteiger charge is 2.48. The molecule has 0 N–H and O–H groups in total. The molecule has 14 heavy (non-hydrogen) atoms. The molecule has 0 aromatic carbocycles. The van der Waals surface area contributed by atoms with Gasteiger partial charge in [0, 0.05) is 13.5 Å². The zero-order valence-corrected chi connectivity index (χ0v) is 7.99. The van der Waals surface area contributed by atoms with Crippen molar-refractivity contribution >= 4 is 5.97 Å². The van der Waals surface area contributed by atoms with E-state index in [0.717, 1.165) is 0 Å². The highest BCUT2D eigenvalue weighted by molar-refractivity contribution is 5.84. The highest BCUT2D eigenvalue weighted by Crippen LogP contribution is 2.34. The van der Waals surface area contributed by atoms with Crippen LogP contribution in [0.1, 0.15) is 12.2 Å². The second kappa shape index (κ2) is 3.46. The molecule has 0 saturated carbocycles. The van der Waals surface area contributed by atoms with E-state index in [-0.39, 0.29) is 5.97 Å². The average molecular weight is 196 g/mol. The number of carbonyl (C=O) groups is 1. The monoisotopic (exact) mass is 196 g/mol. The lowest BCUT2D eigenvalue weighted by Crippen LogP contribution is -2.35. The molecule has 1 fully saturated rings. The van der Waals surface area contributed by atoms with Gasteiger partial charge < -0.3 is 13.9 Å². The van der Waals surface area contributed by atoms with Crippen LogP contribution in [-0.4, -0.2) is 26.3 Å². The normalized spacial score (nSPS) is 26.5. The lowest BCUT2D eigenvalue weighted by atomic mass is 9.85. The first-order valence-electron chi connectivity index (χ1n) is 4.50. The Hall–Kier alpha value is -1.29. The van der Waals surface area contributed by atoms with E-state index in [1.807, 2.05) is 0 Å². The van der Waals surface area contributed by atoms with Crippen LogP contribution in [0.3, 0.4) is 0 Å². The summed E-state index contributed by atoms with van der Waals surface area (Å²) in [6.45, 7) is 0.738. The van der Waals surface area contributed by atoms with Crippen molar-refractivity contribution in [1.82, 2.24) is 0 Å². The van der Waals surface area contributed by atoms with E-state index in [1.165, 1.54) is 0 Å². The van der Waals surface area contributed by atoms with Crippen molar-refractivity contribution in [2.75, 3.05) is 20.3 Å². The van der Waals surface area contributed by atoms with Crippen LogP contribution in [0.25, 0.3) is 0 Å². The van der Waals surface area contributed by atoms with Gasteiger partial charge in [-0.15, -0.1) is 0 Å². The number of ether oxygens (including phenoxy) is 2. The lowest BCUT2D eigenvalue weighted by molar-refractivity contribution is -0.144. The van der Waals surface area contributed by atoms with E-state index in [1.54, 1.807) is 25.5 Å². The van der Waals surface area contributed by atoms with Gasteiger partial charge in [-0.05, 0) is 12.1 Å². The number of rotatable bonds is 3. The van der Waals surface area contributed by atoms with Crippen molar-refractivity contribution in [2.45, 2.75) is 11.8 Å². The summed E-state index contributed by atoms with van der Waals surface area (Å²) in [5, 5.41) is 0. The first-order valence-corrected chi connectivity index (χ1v) is 4.50. The summed E-state index contributed by atoms with van der Waals surface area (Å²) >= 11 is 0. The smallest absolute Gasteiger partial charge is 0.322 e. The maximum Gasteiger partial charge on any atom is 0.322 e. The minimum Gasteiger partial charge on any atom is -0.468 e.